The van der Waals surface area contributed by atoms with E-state index in [-0.39, 0.29) is 4.90 Å². The third-order valence-electron chi connectivity index (χ3n) is 1.30. The van der Waals surface area contributed by atoms with Crippen LogP contribution >= 0.6 is 12.2 Å². The zero-order chi connectivity index (χ0) is 9.90. The van der Waals surface area contributed by atoms with E-state index in [2.05, 4.69) is 22.4 Å². The van der Waals surface area contributed by atoms with E-state index in [1.807, 2.05) is 0 Å². The number of benzene rings is 1. The summed E-state index contributed by atoms with van der Waals surface area (Å²) in [5, 5.41) is 2.12. The minimum absolute atomic E-state index is 0.282. The van der Waals surface area contributed by atoms with Crippen molar-refractivity contribution in [2.45, 2.75) is 4.90 Å². The summed E-state index contributed by atoms with van der Waals surface area (Å²) < 4.78 is 31.4. The number of nitrogens with zero attached hydrogens (tertiary/aromatic N) is 1. The molecule has 0 amide bonds. The standard InChI is InChI=1S/C7H5NO3S2/c9-13(10,11)7-3-1-6(2-4-7)8-5-12/h1-4H,(H,9,10,11)/p-1. The van der Waals surface area contributed by atoms with Crippen molar-refractivity contribution in [2.24, 2.45) is 4.99 Å². The van der Waals surface area contributed by atoms with Crippen molar-refractivity contribution in [3.8, 4) is 0 Å². The van der Waals surface area contributed by atoms with E-state index in [0.717, 1.165) is 0 Å². The van der Waals surface area contributed by atoms with Crippen molar-refractivity contribution in [2.75, 3.05) is 0 Å². The molecule has 0 spiro atoms. The van der Waals surface area contributed by atoms with Gasteiger partial charge in [-0.2, -0.15) is 4.99 Å². The van der Waals surface area contributed by atoms with Gasteiger partial charge in [-0.15, -0.1) is 0 Å². The van der Waals surface area contributed by atoms with Gasteiger partial charge in [0.1, 0.15) is 10.1 Å². The van der Waals surface area contributed by atoms with Crippen LogP contribution in [0.1, 0.15) is 0 Å². The summed E-state index contributed by atoms with van der Waals surface area (Å²) in [4.78, 5) is 3.32. The first-order valence-electron chi connectivity index (χ1n) is 3.18. The van der Waals surface area contributed by atoms with E-state index in [0.29, 0.717) is 5.69 Å². The van der Waals surface area contributed by atoms with Crippen LogP contribution in [0.15, 0.2) is 34.2 Å². The zero-order valence-electron chi connectivity index (χ0n) is 6.30. The van der Waals surface area contributed by atoms with E-state index >= 15 is 0 Å². The van der Waals surface area contributed by atoms with Gasteiger partial charge in [0.05, 0.1) is 15.7 Å². The Kier molecular flexibility index (Phi) is 2.90. The molecule has 0 atom stereocenters. The smallest absolute Gasteiger partial charge is 0.124 e. The summed E-state index contributed by atoms with van der Waals surface area (Å²) in [7, 11) is -4.37. The predicted octanol–water partition coefficient (Wildman–Crippen LogP) is 1.33. The van der Waals surface area contributed by atoms with Gasteiger partial charge in [0.2, 0.25) is 0 Å². The largest absolute Gasteiger partial charge is 0.744 e. The molecule has 0 N–H and O–H groups in total. The molecule has 6 heteroatoms. The van der Waals surface area contributed by atoms with Crippen LogP contribution in [-0.2, 0) is 10.1 Å². The highest BCUT2D eigenvalue weighted by Crippen LogP contribution is 2.15. The Labute approximate surface area is 80.7 Å². The molecule has 1 rings (SSSR count). The lowest BCUT2D eigenvalue weighted by atomic mass is 10.3. The number of thiocarbonyl (C=S) groups is 1. The topological polar surface area (TPSA) is 69.6 Å². The summed E-state index contributed by atoms with van der Waals surface area (Å²) in [6, 6.07) is 5.11. The van der Waals surface area contributed by atoms with Gasteiger partial charge in [-0.3, -0.25) is 0 Å². The molecule has 4 nitrogen and oxygen atoms in total. The number of isothiocyanates is 1. The van der Waals surface area contributed by atoms with Crippen LogP contribution in [0.3, 0.4) is 0 Å². The zero-order valence-corrected chi connectivity index (χ0v) is 7.93. The molecule has 68 valence electrons. The second-order valence-electron chi connectivity index (χ2n) is 2.15. The Morgan fingerprint density at radius 3 is 2.23 bits per heavy atom. The molecule has 0 bridgehead atoms. The Morgan fingerprint density at radius 2 is 1.85 bits per heavy atom. The Balaban J connectivity index is 3.15. The summed E-state index contributed by atoms with van der Waals surface area (Å²) in [5.74, 6) is 0. The Morgan fingerprint density at radius 1 is 1.31 bits per heavy atom. The van der Waals surface area contributed by atoms with Crippen molar-refractivity contribution >= 4 is 33.2 Å². The summed E-state index contributed by atoms with van der Waals surface area (Å²) >= 11 is 4.34. The molecule has 0 saturated heterocycles. The number of hydrogen-bond donors (Lipinski definition) is 0. The highest BCUT2D eigenvalue weighted by Gasteiger charge is 1.99. The monoisotopic (exact) mass is 214 g/mol. The molecular weight excluding hydrogens is 210 g/mol. The molecule has 0 radical (unpaired) electrons. The van der Waals surface area contributed by atoms with Gasteiger partial charge in [-0.25, -0.2) is 8.42 Å². The van der Waals surface area contributed by atoms with Crippen LogP contribution in [0.5, 0.6) is 0 Å². The van der Waals surface area contributed by atoms with Gasteiger partial charge in [0.25, 0.3) is 0 Å². The quantitative estimate of drug-likeness (QED) is 0.423. The average Bonchev–Trinajstić information content (AvgIpc) is 2.04. The molecule has 0 aliphatic carbocycles. The first-order valence-corrected chi connectivity index (χ1v) is 4.99. The fourth-order valence-electron chi connectivity index (χ4n) is 0.740. The van der Waals surface area contributed by atoms with Crippen molar-refractivity contribution in [1.82, 2.24) is 0 Å². The van der Waals surface area contributed by atoms with E-state index in [9.17, 15) is 13.0 Å². The second-order valence-corrected chi connectivity index (χ2v) is 3.71. The molecule has 0 aliphatic heterocycles. The van der Waals surface area contributed by atoms with Gasteiger partial charge in [0.15, 0.2) is 0 Å². The third kappa shape index (κ3) is 2.71. The van der Waals surface area contributed by atoms with Gasteiger partial charge in [-0.05, 0) is 36.5 Å². The second kappa shape index (κ2) is 3.76. The molecule has 0 heterocycles. The average molecular weight is 214 g/mol. The minimum Gasteiger partial charge on any atom is -0.744 e. The van der Waals surface area contributed by atoms with Crippen molar-refractivity contribution in [3.05, 3.63) is 24.3 Å². The first-order chi connectivity index (χ1) is 6.04. The third-order valence-corrected chi connectivity index (χ3v) is 2.24. The molecule has 0 saturated carbocycles. The SMILES string of the molecule is O=S(=O)([O-])c1ccc(N=C=S)cc1. The maximum Gasteiger partial charge on any atom is 0.124 e. The van der Waals surface area contributed by atoms with E-state index in [4.69, 9.17) is 0 Å². The first kappa shape index (κ1) is 10.0. The van der Waals surface area contributed by atoms with E-state index in [1.165, 1.54) is 24.3 Å². The van der Waals surface area contributed by atoms with E-state index in [1.54, 1.807) is 0 Å². The highest BCUT2D eigenvalue weighted by molar-refractivity contribution is 7.85. The molecule has 0 aromatic heterocycles. The maximum absolute atomic E-state index is 10.5. The van der Waals surface area contributed by atoms with Gasteiger partial charge >= 0.3 is 0 Å². The van der Waals surface area contributed by atoms with Crippen LogP contribution in [0.2, 0.25) is 0 Å². The molecule has 1 aromatic rings. The summed E-state index contributed by atoms with van der Waals surface area (Å²) in [5.41, 5.74) is 0.461. The lowest BCUT2D eigenvalue weighted by Crippen LogP contribution is -1.97. The van der Waals surface area contributed by atoms with Crippen molar-refractivity contribution in [1.29, 1.82) is 0 Å². The lowest BCUT2D eigenvalue weighted by Gasteiger charge is -2.05. The van der Waals surface area contributed by atoms with Gasteiger partial charge in [-0.1, -0.05) is 0 Å². The molecule has 13 heavy (non-hydrogen) atoms. The number of aliphatic imine (C=N–C) groups is 1. The molecule has 0 unspecified atom stereocenters. The fourth-order valence-corrected chi connectivity index (χ4v) is 1.31. The number of rotatable bonds is 2. The predicted molar refractivity (Wildman–Crippen MR) is 49.1 cm³/mol. The Bertz CT molecular complexity index is 443. The van der Waals surface area contributed by atoms with Crippen LogP contribution in [-0.4, -0.2) is 18.1 Å². The minimum atomic E-state index is -4.37. The fraction of sp³-hybridized carbons (Fsp3) is 0. The van der Waals surface area contributed by atoms with Crippen molar-refractivity contribution < 1.29 is 13.0 Å². The van der Waals surface area contributed by atoms with Crippen LogP contribution in [0.25, 0.3) is 0 Å². The Hall–Kier alpha value is -1.07. The molecular formula is C7H4NO3S2-. The summed E-state index contributed by atoms with van der Waals surface area (Å²) in [6.45, 7) is 0. The van der Waals surface area contributed by atoms with Gasteiger partial charge in [0, 0.05) is 0 Å². The van der Waals surface area contributed by atoms with Crippen LogP contribution in [0.4, 0.5) is 5.69 Å². The van der Waals surface area contributed by atoms with Crippen LogP contribution < -0.4 is 0 Å². The lowest BCUT2D eigenvalue weighted by molar-refractivity contribution is 0.463. The highest BCUT2D eigenvalue weighted by atomic mass is 32.2. The molecule has 0 fully saturated rings. The van der Waals surface area contributed by atoms with E-state index < -0.39 is 10.1 Å². The normalized spacial score (nSPS) is 10.5. The molecule has 1 aromatic carbocycles. The van der Waals surface area contributed by atoms with Crippen LogP contribution in [0, 0.1) is 0 Å². The van der Waals surface area contributed by atoms with Crippen molar-refractivity contribution in [3.63, 3.8) is 0 Å². The molecule has 0 aliphatic rings. The summed E-state index contributed by atoms with van der Waals surface area (Å²) in [6.07, 6.45) is 0. The van der Waals surface area contributed by atoms with Gasteiger partial charge < -0.3 is 4.55 Å². The number of hydrogen-bond acceptors (Lipinski definition) is 5. The maximum atomic E-state index is 10.5.